The van der Waals surface area contributed by atoms with E-state index in [9.17, 15) is 9.59 Å². The third-order valence-electron chi connectivity index (χ3n) is 2.20. The van der Waals surface area contributed by atoms with E-state index in [1.54, 1.807) is 0 Å². The standard InChI is InChI=1S/C13H22O4/c1-2-3-4-5-6-7-11-17-13(16)10-8-9-12(14)15/h3-4H,2,5-11H2,1H3,(H,14,15). The molecule has 0 aromatic rings. The Morgan fingerprint density at radius 2 is 1.88 bits per heavy atom. The van der Waals surface area contributed by atoms with Gasteiger partial charge in [0, 0.05) is 12.8 Å². The molecule has 0 spiro atoms. The number of carboxylic acid groups (broad SMARTS) is 1. The summed E-state index contributed by atoms with van der Waals surface area (Å²) in [6.07, 6.45) is 8.78. The molecule has 0 aliphatic rings. The lowest BCUT2D eigenvalue weighted by Gasteiger charge is -2.03. The highest BCUT2D eigenvalue weighted by atomic mass is 16.5. The molecule has 0 heterocycles. The van der Waals surface area contributed by atoms with Gasteiger partial charge < -0.3 is 9.84 Å². The molecule has 0 aromatic carbocycles. The van der Waals surface area contributed by atoms with Gasteiger partial charge in [0.15, 0.2) is 0 Å². The van der Waals surface area contributed by atoms with Crippen molar-refractivity contribution in [3.8, 4) is 0 Å². The normalized spacial score (nSPS) is 10.6. The van der Waals surface area contributed by atoms with E-state index in [0.717, 1.165) is 25.7 Å². The highest BCUT2D eigenvalue weighted by Crippen LogP contribution is 2.01. The summed E-state index contributed by atoms with van der Waals surface area (Å²) in [4.78, 5) is 21.3. The van der Waals surface area contributed by atoms with Crippen LogP contribution in [0.1, 0.15) is 51.9 Å². The monoisotopic (exact) mass is 242 g/mol. The van der Waals surface area contributed by atoms with Crippen molar-refractivity contribution >= 4 is 11.9 Å². The first-order valence-electron chi connectivity index (χ1n) is 6.19. The lowest BCUT2D eigenvalue weighted by atomic mass is 10.2. The average Bonchev–Trinajstić information content (AvgIpc) is 2.27. The first-order valence-corrected chi connectivity index (χ1v) is 6.19. The summed E-state index contributed by atoms with van der Waals surface area (Å²) >= 11 is 0. The zero-order valence-corrected chi connectivity index (χ0v) is 10.5. The van der Waals surface area contributed by atoms with Crippen LogP contribution in [-0.4, -0.2) is 23.7 Å². The van der Waals surface area contributed by atoms with E-state index in [1.807, 2.05) is 0 Å². The number of carbonyl (C=O) groups is 2. The van der Waals surface area contributed by atoms with Crippen LogP contribution in [0.2, 0.25) is 0 Å². The number of rotatable bonds is 10. The fourth-order valence-corrected chi connectivity index (χ4v) is 1.29. The summed E-state index contributed by atoms with van der Waals surface area (Å²) in [5.74, 6) is -1.17. The number of carbonyl (C=O) groups excluding carboxylic acids is 1. The molecule has 0 saturated heterocycles. The lowest BCUT2D eigenvalue weighted by molar-refractivity contribution is -0.144. The molecular formula is C13H22O4. The number of allylic oxidation sites excluding steroid dienone is 2. The van der Waals surface area contributed by atoms with Gasteiger partial charge >= 0.3 is 11.9 Å². The van der Waals surface area contributed by atoms with Gasteiger partial charge in [0.25, 0.3) is 0 Å². The largest absolute Gasteiger partial charge is 0.481 e. The SMILES string of the molecule is CCC=CCCCCOC(=O)CCCC(=O)O. The molecule has 98 valence electrons. The molecule has 0 unspecified atom stereocenters. The predicted octanol–water partition coefficient (Wildman–Crippen LogP) is 2.92. The van der Waals surface area contributed by atoms with Gasteiger partial charge in [-0.1, -0.05) is 19.1 Å². The molecule has 4 nitrogen and oxygen atoms in total. The van der Waals surface area contributed by atoms with Crippen LogP contribution in [0.25, 0.3) is 0 Å². The van der Waals surface area contributed by atoms with Crippen molar-refractivity contribution in [2.75, 3.05) is 6.61 Å². The zero-order chi connectivity index (χ0) is 12.9. The molecular weight excluding hydrogens is 220 g/mol. The second-order valence-corrected chi connectivity index (χ2v) is 3.84. The van der Waals surface area contributed by atoms with E-state index in [2.05, 4.69) is 19.1 Å². The van der Waals surface area contributed by atoms with Gasteiger partial charge in [0.1, 0.15) is 0 Å². The Labute approximate surface area is 103 Å². The molecule has 0 radical (unpaired) electrons. The molecule has 0 aliphatic heterocycles. The van der Waals surface area contributed by atoms with Crippen molar-refractivity contribution in [2.24, 2.45) is 0 Å². The molecule has 0 bridgehead atoms. The third kappa shape index (κ3) is 12.6. The van der Waals surface area contributed by atoms with Crippen LogP contribution in [0.3, 0.4) is 0 Å². The van der Waals surface area contributed by atoms with Crippen molar-refractivity contribution in [3.63, 3.8) is 0 Å². The number of carboxylic acids is 1. The van der Waals surface area contributed by atoms with Crippen molar-refractivity contribution in [1.29, 1.82) is 0 Å². The Morgan fingerprint density at radius 3 is 2.53 bits per heavy atom. The maximum atomic E-state index is 11.1. The maximum Gasteiger partial charge on any atom is 0.305 e. The Bertz CT molecular complexity index is 246. The number of hydrogen-bond acceptors (Lipinski definition) is 3. The second kappa shape index (κ2) is 11.2. The minimum Gasteiger partial charge on any atom is -0.481 e. The highest BCUT2D eigenvalue weighted by Gasteiger charge is 2.04. The van der Waals surface area contributed by atoms with Crippen molar-refractivity contribution in [2.45, 2.75) is 51.9 Å². The molecule has 0 aliphatic carbocycles. The number of hydrogen-bond donors (Lipinski definition) is 1. The number of unbranched alkanes of at least 4 members (excludes halogenated alkanes) is 2. The summed E-state index contributed by atoms with van der Waals surface area (Å²) in [6.45, 7) is 2.53. The van der Waals surface area contributed by atoms with Crippen LogP contribution in [0.5, 0.6) is 0 Å². The molecule has 0 fully saturated rings. The highest BCUT2D eigenvalue weighted by molar-refractivity contribution is 5.71. The number of aliphatic carboxylic acids is 1. The first kappa shape index (κ1) is 15.7. The van der Waals surface area contributed by atoms with E-state index in [1.165, 1.54) is 0 Å². The van der Waals surface area contributed by atoms with Gasteiger partial charge in [-0.3, -0.25) is 9.59 Å². The number of esters is 1. The summed E-state index contributed by atoms with van der Waals surface area (Å²) < 4.78 is 4.97. The van der Waals surface area contributed by atoms with Crippen molar-refractivity contribution in [3.05, 3.63) is 12.2 Å². The molecule has 0 atom stereocenters. The van der Waals surface area contributed by atoms with Gasteiger partial charge in [-0.05, 0) is 32.1 Å². The summed E-state index contributed by atoms with van der Waals surface area (Å²) in [7, 11) is 0. The third-order valence-corrected chi connectivity index (χ3v) is 2.20. The van der Waals surface area contributed by atoms with E-state index >= 15 is 0 Å². The fraction of sp³-hybridized carbons (Fsp3) is 0.692. The minimum absolute atomic E-state index is 0.0247. The molecule has 0 aromatic heterocycles. The number of ether oxygens (including phenoxy) is 1. The van der Waals surface area contributed by atoms with Crippen LogP contribution in [0.15, 0.2) is 12.2 Å². The predicted molar refractivity (Wildman–Crippen MR) is 65.7 cm³/mol. The lowest BCUT2D eigenvalue weighted by Crippen LogP contribution is -2.06. The molecule has 17 heavy (non-hydrogen) atoms. The van der Waals surface area contributed by atoms with Gasteiger partial charge in [-0.15, -0.1) is 0 Å². The van der Waals surface area contributed by atoms with Crippen LogP contribution >= 0.6 is 0 Å². The van der Waals surface area contributed by atoms with E-state index in [4.69, 9.17) is 9.84 Å². The summed E-state index contributed by atoms with van der Waals surface area (Å²) in [5, 5.41) is 8.38. The Morgan fingerprint density at radius 1 is 1.12 bits per heavy atom. The Hall–Kier alpha value is -1.32. The second-order valence-electron chi connectivity index (χ2n) is 3.84. The zero-order valence-electron chi connectivity index (χ0n) is 10.5. The Kier molecular flexibility index (Phi) is 10.3. The van der Waals surface area contributed by atoms with Crippen molar-refractivity contribution in [1.82, 2.24) is 0 Å². The maximum absolute atomic E-state index is 11.1. The molecule has 0 amide bonds. The summed E-state index contributed by atoms with van der Waals surface area (Å²) in [5.41, 5.74) is 0. The van der Waals surface area contributed by atoms with Gasteiger partial charge in [-0.2, -0.15) is 0 Å². The van der Waals surface area contributed by atoms with E-state index < -0.39 is 5.97 Å². The van der Waals surface area contributed by atoms with Crippen LogP contribution in [0.4, 0.5) is 0 Å². The molecule has 4 heteroatoms. The first-order chi connectivity index (χ1) is 8.16. The van der Waals surface area contributed by atoms with Gasteiger partial charge in [0.2, 0.25) is 0 Å². The summed E-state index contributed by atoms with van der Waals surface area (Å²) in [6, 6.07) is 0. The van der Waals surface area contributed by atoms with Gasteiger partial charge in [-0.25, -0.2) is 0 Å². The molecule has 1 N–H and O–H groups in total. The quantitative estimate of drug-likeness (QED) is 0.363. The molecule has 0 rings (SSSR count). The van der Waals surface area contributed by atoms with E-state index in [-0.39, 0.29) is 18.8 Å². The fourth-order valence-electron chi connectivity index (χ4n) is 1.29. The van der Waals surface area contributed by atoms with Crippen LogP contribution in [-0.2, 0) is 14.3 Å². The molecule has 0 saturated carbocycles. The van der Waals surface area contributed by atoms with Crippen molar-refractivity contribution < 1.29 is 19.4 Å². The smallest absolute Gasteiger partial charge is 0.305 e. The average molecular weight is 242 g/mol. The topological polar surface area (TPSA) is 63.6 Å². The van der Waals surface area contributed by atoms with Crippen LogP contribution in [0, 0.1) is 0 Å². The van der Waals surface area contributed by atoms with E-state index in [0.29, 0.717) is 13.0 Å². The Balaban J connectivity index is 3.27. The van der Waals surface area contributed by atoms with Gasteiger partial charge in [0.05, 0.1) is 6.61 Å². The van der Waals surface area contributed by atoms with Crippen LogP contribution < -0.4 is 0 Å². The minimum atomic E-state index is -0.875.